The second-order valence-corrected chi connectivity index (χ2v) is 8.39. The summed E-state index contributed by atoms with van der Waals surface area (Å²) < 4.78 is 29.0. The van der Waals surface area contributed by atoms with Gasteiger partial charge in [0.25, 0.3) is 0 Å². The summed E-state index contributed by atoms with van der Waals surface area (Å²) in [6, 6.07) is 10.7. The van der Waals surface area contributed by atoms with Crippen LogP contribution in [0.25, 0.3) is 0 Å². The monoisotopic (exact) mass is 388 g/mol. The van der Waals surface area contributed by atoms with Gasteiger partial charge in [0.1, 0.15) is 5.75 Å². The Hall–Kier alpha value is -2.38. The second kappa shape index (κ2) is 7.32. The number of ketones is 1. The van der Waals surface area contributed by atoms with Gasteiger partial charge in [-0.1, -0.05) is 0 Å². The lowest BCUT2D eigenvalue weighted by Crippen LogP contribution is -2.29. The summed E-state index contributed by atoms with van der Waals surface area (Å²) in [4.78, 5) is 14.1. The molecular formula is C20H24N2O4S. The summed E-state index contributed by atoms with van der Waals surface area (Å²) in [7, 11) is -3.72. The van der Waals surface area contributed by atoms with E-state index in [1.807, 2.05) is 19.1 Å². The molecule has 0 spiro atoms. The summed E-state index contributed by atoms with van der Waals surface area (Å²) in [5, 5.41) is 5.25. The number of hydrogen-bond donors (Lipinski definition) is 1. The highest BCUT2D eigenvalue weighted by molar-refractivity contribution is 7.89. The molecule has 1 aliphatic rings. The number of carbonyl (C=O) groups is 1. The van der Waals surface area contributed by atoms with Gasteiger partial charge in [-0.3, -0.25) is 4.79 Å². The van der Waals surface area contributed by atoms with Gasteiger partial charge in [-0.05, 0) is 69.2 Å². The maximum Gasteiger partial charge on any atom is 0.238 e. The van der Waals surface area contributed by atoms with Crippen LogP contribution in [-0.2, 0) is 23.0 Å². The summed E-state index contributed by atoms with van der Waals surface area (Å²) in [6.07, 6.45) is 0.731. The zero-order valence-electron chi connectivity index (χ0n) is 15.7. The van der Waals surface area contributed by atoms with Crippen molar-refractivity contribution in [2.24, 2.45) is 5.14 Å². The van der Waals surface area contributed by atoms with Crippen molar-refractivity contribution in [1.29, 1.82) is 0 Å². The van der Waals surface area contributed by atoms with Crippen LogP contribution in [0.4, 0.5) is 5.69 Å². The number of Topliss-reactive ketones (excluding diaryl/α,β-unsaturated/α-hetero) is 1. The molecule has 27 heavy (non-hydrogen) atoms. The number of ether oxygens (including phenoxy) is 1. The summed E-state index contributed by atoms with van der Waals surface area (Å²) in [5.41, 5.74) is 3.50. The van der Waals surface area contributed by atoms with E-state index in [4.69, 9.17) is 9.88 Å². The number of hydrogen-bond acceptors (Lipinski definition) is 5. The predicted octanol–water partition coefficient (Wildman–Crippen LogP) is 2.89. The molecule has 0 saturated heterocycles. The van der Waals surface area contributed by atoms with Crippen LogP contribution in [0.1, 0.15) is 42.3 Å². The molecule has 1 aliphatic heterocycles. The van der Waals surface area contributed by atoms with Crippen LogP contribution in [0.5, 0.6) is 5.75 Å². The molecule has 7 heteroatoms. The molecule has 0 fully saturated rings. The molecule has 0 saturated carbocycles. The first-order valence-corrected chi connectivity index (χ1v) is 10.4. The highest BCUT2D eigenvalue weighted by atomic mass is 32.2. The lowest BCUT2D eigenvalue weighted by molar-refractivity contribution is 0.101. The maximum absolute atomic E-state index is 11.8. The van der Waals surface area contributed by atoms with Gasteiger partial charge in [-0.25, -0.2) is 13.6 Å². The molecule has 2 aromatic carbocycles. The molecule has 0 radical (unpaired) electrons. The summed E-state index contributed by atoms with van der Waals surface area (Å²) >= 11 is 0. The SMILES string of the molecule is CCOc1ccc(C(C)=O)cc1CN1c2ccc(S(N)(=O)=O)cc2C[C@@H]1C. The van der Waals surface area contributed by atoms with Gasteiger partial charge in [-0.15, -0.1) is 0 Å². The Balaban J connectivity index is 1.97. The first-order valence-electron chi connectivity index (χ1n) is 8.89. The Bertz CT molecular complexity index is 985. The largest absolute Gasteiger partial charge is 0.494 e. The summed E-state index contributed by atoms with van der Waals surface area (Å²) in [5.74, 6) is 0.760. The fraction of sp³-hybridized carbons (Fsp3) is 0.350. The first kappa shape index (κ1) is 19.4. The Labute approximate surface area is 160 Å². The van der Waals surface area contributed by atoms with E-state index in [1.54, 1.807) is 25.1 Å². The molecule has 1 heterocycles. The molecule has 6 nitrogen and oxygen atoms in total. The standard InChI is InChI=1S/C20H24N2O4S/c1-4-26-20-8-5-15(14(3)23)10-17(20)12-22-13(2)9-16-11-18(27(21,24)25)6-7-19(16)22/h5-8,10-11,13H,4,9,12H2,1-3H3,(H2,21,24,25)/t13-/m0/s1. The van der Waals surface area contributed by atoms with Gasteiger partial charge in [0.2, 0.25) is 10.0 Å². The van der Waals surface area contributed by atoms with Crippen molar-refractivity contribution in [3.8, 4) is 5.75 Å². The molecule has 2 N–H and O–H groups in total. The Morgan fingerprint density at radius 2 is 2.00 bits per heavy atom. The fourth-order valence-electron chi connectivity index (χ4n) is 3.49. The fourth-order valence-corrected chi connectivity index (χ4v) is 4.06. The number of primary sulfonamides is 1. The van der Waals surface area contributed by atoms with Crippen molar-refractivity contribution in [3.63, 3.8) is 0 Å². The molecule has 0 amide bonds. The molecule has 3 rings (SSSR count). The topological polar surface area (TPSA) is 89.7 Å². The minimum atomic E-state index is -3.72. The van der Waals surface area contributed by atoms with Crippen molar-refractivity contribution in [1.82, 2.24) is 0 Å². The minimum Gasteiger partial charge on any atom is -0.494 e. The number of nitrogens with zero attached hydrogens (tertiary/aromatic N) is 1. The van der Waals surface area contributed by atoms with Crippen molar-refractivity contribution in [2.45, 2.75) is 44.7 Å². The zero-order chi connectivity index (χ0) is 19.8. The van der Waals surface area contributed by atoms with Crippen LogP contribution in [0.15, 0.2) is 41.3 Å². The smallest absolute Gasteiger partial charge is 0.238 e. The van der Waals surface area contributed by atoms with Gasteiger partial charge in [0.15, 0.2) is 5.78 Å². The normalized spacial score (nSPS) is 16.3. The molecule has 0 aromatic heterocycles. The highest BCUT2D eigenvalue weighted by Crippen LogP contribution is 2.36. The van der Waals surface area contributed by atoms with Crippen LogP contribution in [0, 0.1) is 0 Å². The number of sulfonamides is 1. The third-order valence-corrected chi connectivity index (χ3v) is 5.75. The van der Waals surface area contributed by atoms with Crippen molar-refractivity contribution >= 4 is 21.5 Å². The highest BCUT2D eigenvalue weighted by Gasteiger charge is 2.28. The maximum atomic E-state index is 11.8. The number of fused-ring (bicyclic) bond motifs is 1. The average Bonchev–Trinajstić information content (AvgIpc) is 2.90. The molecular weight excluding hydrogens is 364 g/mol. The van der Waals surface area contributed by atoms with Gasteiger partial charge in [0.05, 0.1) is 11.5 Å². The quantitative estimate of drug-likeness (QED) is 0.769. The van der Waals surface area contributed by atoms with Gasteiger partial charge >= 0.3 is 0 Å². The van der Waals surface area contributed by atoms with Crippen LogP contribution in [0.3, 0.4) is 0 Å². The van der Waals surface area contributed by atoms with Gasteiger partial charge in [-0.2, -0.15) is 0 Å². The summed E-state index contributed by atoms with van der Waals surface area (Å²) in [6.45, 7) is 6.66. The molecule has 0 unspecified atom stereocenters. The van der Waals surface area contributed by atoms with Gasteiger partial charge < -0.3 is 9.64 Å². The minimum absolute atomic E-state index is 0.00645. The number of benzene rings is 2. The Kier molecular flexibility index (Phi) is 5.26. The average molecular weight is 388 g/mol. The lowest BCUT2D eigenvalue weighted by atomic mass is 10.1. The lowest BCUT2D eigenvalue weighted by Gasteiger charge is -2.26. The van der Waals surface area contributed by atoms with Crippen LogP contribution < -0.4 is 14.8 Å². The van der Waals surface area contributed by atoms with Crippen LogP contribution in [0.2, 0.25) is 0 Å². The second-order valence-electron chi connectivity index (χ2n) is 6.83. The molecule has 0 bridgehead atoms. The number of rotatable bonds is 6. The van der Waals surface area contributed by atoms with Crippen molar-refractivity contribution in [3.05, 3.63) is 53.1 Å². The van der Waals surface area contributed by atoms with Gasteiger partial charge in [0, 0.05) is 29.4 Å². The van der Waals surface area contributed by atoms with E-state index in [-0.39, 0.29) is 16.7 Å². The van der Waals surface area contributed by atoms with Crippen LogP contribution >= 0.6 is 0 Å². The number of anilines is 1. The van der Waals surface area contributed by atoms with Crippen molar-refractivity contribution < 1.29 is 17.9 Å². The van der Waals surface area contributed by atoms with E-state index in [0.717, 1.165) is 29.0 Å². The van der Waals surface area contributed by atoms with E-state index < -0.39 is 10.0 Å². The van der Waals surface area contributed by atoms with E-state index in [1.165, 1.54) is 6.07 Å². The van der Waals surface area contributed by atoms with Crippen molar-refractivity contribution in [2.75, 3.05) is 11.5 Å². The third-order valence-electron chi connectivity index (χ3n) is 4.84. The third kappa shape index (κ3) is 3.99. The number of carbonyl (C=O) groups excluding carboxylic acids is 1. The zero-order valence-corrected chi connectivity index (χ0v) is 16.5. The first-order chi connectivity index (χ1) is 12.7. The molecule has 2 aromatic rings. The molecule has 1 atom stereocenters. The van der Waals surface area contributed by atoms with E-state index >= 15 is 0 Å². The van der Waals surface area contributed by atoms with Crippen LogP contribution in [-0.4, -0.2) is 26.8 Å². The predicted molar refractivity (Wildman–Crippen MR) is 105 cm³/mol. The molecule has 144 valence electrons. The Morgan fingerprint density at radius 3 is 2.63 bits per heavy atom. The van der Waals surface area contributed by atoms with E-state index in [0.29, 0.717) is 18.7 Å². The number of nitrogens with two attached hydrogens (primary N) is 1. The Morgan fingerprint density at radius 1 is 1.26 bits per heavy atom. The van der Waals surface area contributed by atoms with E-state index in [2.05, 4.69) is 11.8 Å². The van der Waals surface area contributed by atoms with E-state index in [9.17, 15) is 13.2 Å². The molecule has 0 aliphatic carbocycles.